The van der Waals surface area contributed by atoms with Crippen molar-refractivity contribution in [1.82, 2.24) is 14.9 Å². The molecule has 3 aromatic rings. The van der Waals surface area contributed by atoms with Gasteiger partial charge >= 0.3 is 0 Å². The van der Waals surface area contributed by atoms with Gasteiger partial charge in [0.2, 0.25) is 5.95 Å². The summed E-state index contributed by atoms with van der Waals surface area (Å²) < 4.78 is 0. The van der Waals surface area contributed by atoms with E-state index >= 15 is 0 Å². The van der Waals surface area contributed by atoms with Crippen LogP contribution in [0.1, 0.15) is 23.0 Å². The molecule has 1 aliphatic heterocycles. The van der Waals surface area contributed by atoms with Crippen molar-refractivity contribution < 1.29 is 4.79 Å². The zero-order valence-corrected chi connectivity index (χ0v) is 16.6. The van der Waals surface area contributed by atoms with Crippen molar-refractivity contribution >= 4 is 23.2 Å². The Hall–Kier alpha value is -3.41. The highest BCUT2D eigenvalue weighted by Crippen LogP contribution is 2.18. The van der Waals surface area contributed by atoms with Crippen LogP contribution in [0.15, 0.2) is 66.9 Å². The molecule has 0 saturated carbocycles. The lowest BCUT2D eigenvalue weighted by molar-refractivity contribution is 0.0741. The molecule has 1 aromatic heterocycles. The fourth-order valence-electron chi connectivity index (χ4n) is 3.46. The predicted octanol–water partition coefficient (Wildman–Crippen LogP) is 3.75. The molecule has 1 N–H and O–H groups in total. The monoisotopic (exact) mass is 387 g/mol. The summed E-state index contributed by atoms with van der Waals surface area (Å²) in [7, 11) is 0. The zero-order valence-electron chi connectivity index (χ0n) is 16.6. The van der Waals surface area contributed by atoms with Gasteiger partial charge in [-0.3, -0.25) is 4.79 Å². The molecule has 0 atom stereocenters. The first-order chi connectivity index (χ1) is 14.2. The van der Waals surface area contributed by atoms with Crippen LogP contribution < -0.4 is 10.2 Å². The van der Waals surface area contributed by atoms with E-state index in [1.807, 2.05) is 35.2 Å². The van der Waals surface area contributed by atoms with Crippen LogP contribution >= 0.6 is 0 Å². The maximum absolute atomic E-state index is 12.9. The highest BCUT2D eigenvalue weighted by Gasteiger charge is 2.23. The van der Waals surface area contributed by atoms with E-state index in [0.717, 1.165) is 25.2 Å². The minimum Gasteiger partial charge on any atom is -0.368 e. The number of nitrogens with one attached hydrogen (secondary N) is 1. The molecule has 2 heterocycles. The van der Waals surface area contributed by atoms with Gasteiger partial charge in [-0.15, -0.1) is 0 Å². The fraction of sp³-hybridized carbons (Fsp3) is 0.261. The Labute approximate surface area is 171 Å². The third-order valence-electron chi connectivity index (χ3n) is 5.18. The lowest BCUT2D eigenvalue weighted by atomic mass is 10.1. The summed E-state index contributed by atoms with van der Waals surface area (Å²) in [5.41, 5.74) is 3.79. The number of amides is 1. The molecular formula is C23H25N5O. The molecule has 6 heteroatoms. The number of nitrogens with zero attached hydrogens (tertiary/aromatic N) is 4. The van der Waals surface area contributed by atoms with Crippen molar-refractivity contribution in [3.8, 4) is 0 Å². The molecule has 29 heavy (non-hydrogen) atoms. The number of anilines is 3. The number of carbonyl (C=O) groups excluding carboxylic acids is 1. The van der Waals surface area contributed by atoms with Crippen molar-refractivity contribution in [2.45, 2.75) is 13.3 Å². The number of rotatable bonds is 5. The molecule has 6 nitrogen and oxygen atoms in total. The van der Waals surface area contributed by atoms with Crippen LogP contribution in [0.2, 0.25) is 0 Å². The van der Waals surface area contributed by atoms with E-state index in [9.17, 15) is 4.79 Å². The minimum atomic E-state index is -0.0514. The van der Waals surface area contributed by atoms with Gasteiger partial charge in [0.05, 0.1) is 0 Å². The van der Waals surface area contributed by atoms with Gasteiger partial charge in [0, 0.05) is 43.8 Å². The Bertz CT molecular complexity index is 951. The highest BCUT2D eigenvalue weighted by molar-refractivity contribution is 5.92. The van der Waals surface area contributed by atoms with Crippen LogP contribution in [0.3, 0.4) is 0 Å². The van der Waals surface area contributed by atoms with Gasteiger partial charge in [-0.2, -0.15) is 0 Å². The second kappa shape index (κ2) is 8.73. The summed E-state index contributed by atoms with van der Waals surface area (Å²) in [6.07, 6.45) is 2.63. The standard InChI is InChI=1S/C23H25N5O/c1-2-18-8-10-19(11-9-18)25-23-24-13-12-21(26-23)22(29)28-16-14-27(15-17-28)20-6-4-3-5-7-20/h3-13H,2,14-17H2,1H3,(H,24,25,26). The number of para-hydroxylation sites is 1. The van der Waals surface area contributed by atoms with E-state index in [-0.39, 0.29) is 5.91 Å². The van der Waals surface area contributed by atoms with Gasteiger partial charge in [0.25, 0.3) is 5.91 Å². The van der Waals surface area contributed by atoms with Crippen LogP contribution in [-0.2, 0) is 6.42 Å². The van der Waals surface area contributed by atoms with Crippen molar-refractivity contribution in [2.24, 2.45) is 0 Å². The lowest BCUT2D eigenvalue weighted by Gasteiger charge is -2.36. The van der Waals surface area contributed by atoms with Gasteiger partial charge in [-0.25, -0.2) is 9.97 Å². The third-order valence-corrected chi connectivity index (χ3v) is 5.18. The number of hydrogen-bond acceptors (Lipinski definition) is 5. The fourth-order valence-corrected chi connectivity index (χ4v) is 3.46. The summed E-state index contributed by atoms with van der Waals surface area (Å²) in [4.78, 5) is 25.8. The minimum absolute atomic E-state index is 0.0514. The first-order valence-corrected chi connectivity index (χ1v) is 10.0. The van der Waals surface area contributed by atoms with Crippen LogP contribution in [0.4, 0.5) is 17.3 Å². The highest BCUT2D eigenvalue weighted by atomic mass is 16.2. The van der Waals surface area contributed by atoms with Gasteiger partial charge in [0.1, 0.15) is 5.69 Å². The van der Waals surface area contributed by atoms with Crippen LogP contribution in [-0.4, -0.2) is 47.0 Å². The molecule has 4 rings (SSSR count). The smallest absolute Gasteiger partial charge is 0.272 e. The molecule has 2 aromatic carbocycles. The van der Waals surface area contributed by atoms with Gasteiger partial charge in [0.15, 0.2) is 0 Å². The summed E-state index contributed by atoms with van der Waals surface area (Å²) >= 11 is 0. The average molecular weight is 387 g/mol. The molecule has 1 amide bonds. The van der Waals surface area contributed by atoms with E-state index in [1.54, 1.807) is 12.3 Å². The number of carbonyl (C=O) groups is 1. The topological polar surface area (TPSA) is 61.4 Å². The maximum atomic E-state index is 12.9. The molecule has 1 saturated heterocycles. The van der Waals surface area contributed by atoms with Crippen LogP contribution in [0.5, 0.6) is 0 Å². The first-order valence-electron chi connectivity index (χ1n) is 10.0. The van der Waals surface area contributed by atoms with Gasteiger partial charge in [-0.1, -0.05) is 37.3 Å². The predicted molar refractivity (Wildman–Crippen MR) is 116 cm³/mol. The summed E-state index contributed by atoms with van der Waals surface area (Å²) in [6, 6.07) is 20.1. The Balaban J connectivity index is 1.39. The van der Waals surface area contributed by atoms with Crippen molar-refractivity contribution in [1.29, 1.82) is 0 Å². The number of aryl methyl sites for hydroxylation is 1. The first kappa shape index (κ1) is 18.9. The van der Waals surface area contributed by atoms with Crippen molar-refractivity contribution in [3.05, 3.63) is 78.1 Å². The Morgan fingerprint density at radius 3 is 2.38 bits per heavy atom. The van der Waals surface area contributed by atoms with Crippen LogP contribution in [0, 0.1) is 0 Å². The molecule has 1 aliphatic rings. The molecule has 0 spiro atoms. The molecular weight excluding hydrogens is 362 g/mol. The Morgan fingerprint density at radius 2 is 1.69 bits per heavy atom. The molecule has 0 bridgehead atoms. The van der Waals surface area contributed by atoms with Crippen molar-refractivity contribution in [2.75, 3.05) is 36.4 Å². The van der Waals surface area contributed by atoms with E-state index in [4.69, 9.17) is 0 Å². The Morgan fingerprint density at radius 1 is 0.966 bits per heavy atom. The average Bonchev–Trinajstić information content (AvgIpc) is 2.80. The molecule has 1 fully saturated rings. The van der Waals surface area contributed by atoms with Gasteiger partial charge < -0.3 is 15.1 Å². The second-order valence-electron chi connectivity index (χ2n) is 7.06. The van der Waals surface area contributed by atoms with E-state index in [0.29, 0.717) is 24.7 Å². The molecule has 148 valence electrons. The number of piperazine rings is 1. The number of aromatic nitrogens is 2. The van der Waals surface area contributed by atoms with E-state index < -0.39 is 0 Å². The zero-order chi connectivity index (χ0) is 20.1. The lowest BCUT2D eigenvalue weighted by Crippen LogP contribution is -2.49. The largest absolute Gasteiger partial charge is 0.368 e. The third kappa shape index (κ3) is 4.54. The Kier molecular flexibility index (Phi) is 5.70. The SMILES string of the molecule is CCc1ccc(Nc2nccc(C(=O)N3CCN(c4ccccc4)CC3)n2)cc1. The van der Waals surface area contributed by atoms with Gasteiger partial charge in [-0.05, 0) is 42.3 Å². The molecule has 0 aliphatic carbocycles. The number of hydrogen-bond donors (Lipinski definition) is 1. The maximum Gasteiger partial charge on any atom is 0.272 e. The quantitative estimate of drug-likeness (QED) is 0.723. The van der Waals surface area contributed by atoms with Crippen molar-refractivity contribution in [3.63, 3.8) is 0 Å². The second-order valence-corrected chi connectivity index (χ2v) is 7.06. The normalized spacial score (nSPS) is 14.0. The molecule has 0 unspecified atom stereocenters. The molecule has 0 radical (unpaired) electrons. The van der Waals surface area contributed by atoms with Crippen LogP contribution in [0.25, 0.3) is 0 Å². The van der Waals surface area contributed by atoms with E-state index in [2.05, 4.69) is 51.4 Å². The summed E-state index contributed by atoms with van der Waals surface area (Å²) in [6.45, 7) is 5.11. The van der Waals surface area contributed by atoms with E-state index in [1.165, 1.54) is 11.3 Å². The summed E-state index contributed by atoms with van der Waals surface area (Å²) in [5, 5.41) is 3.18. The summed E-state index contributed by atoms with van der Waals surface area (Å²) in [5.74, 6) is 0.382. The number of benzene rings is 2.